The summed E-state index contributed by atoms with van der Waals surface area (Å²) in [6.45, 7) is 10.1. The minimum atomic E-state index is 0.0754. The van der Waals surface area contributed by atoms with E-state index in [0.29, 0.717) is 6.54 Å². The molecule has 6 heteroatoms. The molecule has 0 fully saturated rings. The van der Waals surface area contributed by atoms with Gasteiger partial charge in [-0.15, -0.1) is 11.3 Å². The van der Waals surface area contributed by atoms with Gasteiger partial charge in [-0.2, -0.15) is 0 Å². The lowest BCUT2D eigenvalue weighted by atomic mass is 10.0. The van der Waals surface area contributed by atoms with E-state index in [9.17, 15) is 0 Å². The Labute approximate surface area is 126 Å². The largest absolute Gasteiger partial charge is 0.355 e. The highest BCUT2D eigenvalue weighted by atomic mass is 32.1. The van der Waals surface area contributed by atoms with Gasteiger partial charge >= 0.3 is 0 Å². The number of thiazole rings is 1. The molecule has 1 heterocycles. The molecule has 0 saturated heterocycles. The second-order valence-electron chi connectivity index (χ2n) is 5.74. The first kappa shape index (κ1) is 16.9. The predicted molar refractivity (Wildman–Crippen MR) is 87.6 cm³/mol. The first-order valence-electron chi connectivity index (χ1n) is 6.81. The van der Waals surface area contributed by atoms with Crippen LogP contribution in [0.3, 0.4) is 0 Å². The maximum atomic E-state index is 4.52. The third-order valence-corrected chi connectivity index (χ3v) is 4.68. The van der Waals surface area contributed by atoms with Crippen molar-refractivity contribution >= 4 is 17.3 Å². The lowest BCUT2D eigenvalue weighted by molar-refractivity contribution is 0.197. The summed E-state index contributed by atoms with van der Waals surface area (Å²) in [4.78, 5) is 12.2. The molecule has 0 unspecified atom stereocenters. The van der Waals surface area contributed by atoms with Crippen molar-refractivity contribution in [2.24, 2.45) is 4.99 Å². The lowest BCUT2D eigenvalue weighted by Crippen LogP contribution is -2.50. The summed E-state index contributed by atoms with van der Waals surface area (Å²) in [5.74, 6) is 0.811. The number of hydrogen-bond acceptors (Lipinski definition) is 4. The third kappa shape index (κ3) is 4.76. The van der Waals surface area contributed by atoms with Gasteiger partial charge < -0.3 is 15.5 Å². The zero-order valence-electron chi connectivity index (χ0n) is 13.7. The fourth-order valence-corrected chi connectivity index (χ4v) is 2.33. The summed E-state index contributed by atoms with van der Waals surface area (Å²) in [6.07, 6.45) is 0. The number of guanidine groups is 1. The molecule has 0 spiro atoms. The van der Waals surface area contributed by atoms with Gasteiger partial charge in [-0.3, -0.25) is 4.99 Å². The van der Waals surface area contributed by atoms with Gasteiger partial charge in [0.25, 0.3) is 0 Å². The molecule has 0 aliphatic rings. The molecule has 0 bridgehead atoms. The second kappa shape index (κ2) is 7.04. The Bertz CT molecular complexity index is 443. The average Bonchev–Trinajstić information content (AvgIpc) is 2.68. The number of nitrogens with one attached hydrogen (secondary N) is 2. The number of hydrogen-bond donors (Lipinski definition) is 2. The van der Waals surface area contributed by atoms with E-state index in [4.69, 9.17) is 0 Å². The van der Waals surface area contributed by atoms with E-state index < -0.39 is 0 Å². The smallest absolute Gasteiger partial charge is 0.191 e. The molecule has 0 aliphatic heterocycles. The van der Waals surface area contributed by atoms with Crippen molar-refractivity contribution in [3.05, 3.63) is 15.6 Å². The Morgan fingerprint density at radius 2 is 1.95 bits per heavy atom. The number of aliphatic imine (C=N–C) groups is 1. The minimum Gasteiger partial charge on any atom is -0.355 e. The normalized spacial score (nSPS) is 12.9. The van der Waals surface area contributed by atoms with E-state index in [1.807, 2.05) is 6.92 Å². The van der Waals surface area contributed by atoms with E-state index >= 15 is 0 Å². The maximum Gasteiger partial charge on any atom is 0.191 e. The van der Waals surface area contributed by atoms with Gasteiger partial charge in [0.2, 0.25) is 0 Å². The summed E-state index contributed by atoms with van der Waals surface area (Å²) in [5, 5.41) is 7.76. The Kier molecular flexibility index (Phi) is 5.95. The van der Waals surface area contributed by atoms with E-state index in [2.05, 4.69) is 60.4 Å². The molecular formula is C14H27N5S. The molecular weight excluding hydrogens is 270 g/mol. The standard InChI is InChI=1S/C14H27N5S/c1-10-11(2)20-12(18-10)8-16-13(15-5)17-9-14(3,4)19(6)7/h8-9H2,1-7H3,(H2,15,16,17). The monoisotopic (exact) mass is 297 g/mol. The Hall–Kier alpha value is -1.14. The summed E-state index contributed by atoms with van der Waals surface area (Å²) < 4.78 is 0. The Morgan fingerprint density at radius 3 is 2.40 bits per heavy atom. The van der Waals surface area contributed by atoms with Crippen LogP contribution in [0.1, 0.15) is 29.4 Å². The summed E-state index contributed by atoms with van der Waals surface area (Å²) in [7, 11) is 5.95. The van der Waals surface area contributed by atoms with Crippen LogP contribution < -0.4 is 10.6 Å². The van der Waals surface area contributed by atoms with Crippen LogP contribution in [0.5, 0.6) is 0 Å². The van der Waals surface area contributed by atoms with Gasteiger partial charge in [0.1, 0.15) is 5.01 Å². The number of nitrogens with zero attached hydrogens (tertiary/aromatic N) is 3. The van der Waals surface area contributed by atoms with Crippen molar-refractivity contribution < 1.29 is 0 Å². The second-order valence-corrected chi connectivity index (χ2v) is 7.02. The van der Waals surface area contributed by atoms with Gasteiger partial charge in [0, 0.05) is 24.0 Å². The molecule has 0 saturated carbocycles. The molecule has 0 aromatic carbocycles. The summed E-state index contributed by atoms with van der Waals surface area (Å²) >= 11 is 1.73. The van der Waals surface area contributed by atoms with Crippen molar-refractivity contribution in [2.75, 3.05) is 27.7 Å². The van der Waals surface area contributed by atoms with Crippen molar-refractivity contribution in [3.63, 3.8) is 0 Å². The number of aromatic nitrogens is 1. The van der Waals surface area contributed by atoms with E-state index in [1.165, 1.54) is 4.88 Å². The van der Waals surface area contributed by atoms with Crippen LogP contribution in [0.4, 0.5) is 0 Å². The van der Waals surface area contributed by atoms with Crippen LogP contribution in [0.25, 0.3) is 0 Å². The lowest BCUT2D eigenvalue weighted by Gasteiger charge is -2.33. The van der Waals surface area contributed by atoms with Gasteiger partial charge in [-0.05, 0) is 41.8 Å². The zero-order chi connectivity index (χ0) is 15.3. The topological polar surface area (TPSA) is 52.6 Å². The fraction of sp³-hybridized carbons (Fsp3) is 0.714. The van der Waals surface area contributed by atoms with Gasteiger partial charge in [-0.25, -0.2) is 4.98 Å². The molecule has 0 aliphatic carbocycles. The van der Waals surface area contributed by atoms with E-state index in [-0.39, 0.29) is 5.54 Å². The zero-order valence-corrected chi connectivity index (χ0v) is 14.5. The van der Waals surface area contributed by atoms with E-state index in [1.54, 1.807) is 18.4 Å². The summed E-state index contributed by atoms with van der Waals surface area (Å²) in [5.41, 5.74) is 1.19. The Morgan fingerprint density at radius 1 is 1.30 bits per heavy atom. The third-order valence-electron chi connectivity index (χ3n) is 3.60. The fourth-order valence-electron chi connectivity index (χ4n) is 1.45. The van der Waals surface area contributed by atoms with Crippen LogP contribution in [-0.2, 0) is 6.54 Å². The molecule has 0 radical (unpaired) electrons. The molecule has 0 atom stereocenters. The van der Waals surface area contributed by atoms with Gasteiger partial charge in [0.05, 0.1) is 12.2 Å². The highest BCUT2D eigenvalue weighted by molar-refractivity contribution is 7.11. The SMILES string of the molecule is CN=C(NCc1nc(C)c(C)s1)NCC(C)(C)N(C)C. The number of rotatable bonds is 5. The van der Waals surface area contributed by atoms with Gasteiger partial charge in [0.15, 0.2) is 5.96 Å². The minimum absolute atomic E-state index is 0.0754. The molecule has 20 heavy (non-hydrogen) atoms. The molecule has 1 aromatic rings. The van der Waals surface area contributed by atoms with E-state index in [0.717, 1.165) is 23.2 Å². The van der Waals surface area contributed by atoms with Crippen LogP contribution in [0.15, 0.2) is 4.99 Å². The van der Waals surface area contributed by atoms with Crippen LogP contribution in [0.2, 0.25) is 0 Å². The molecule has 5 nitrogen and oxygen atoms in total. The molecule has 2 N–H and O–H groups in total. The first-order valence-corrected chi connectivity index (χ1v) is 7.63. The quantitative estimate of drug-likeness (QED) is 0.642. The average molecular weight is 297 g/mol. The molecule has 114 valence electrons. The van der Waals surface area contributed by atoms with Crippen LogP contribution >= 0.6 is 11.3 Å². The molecule has 1 aromatic heterocycles. The number of aryl methyl sites for hydroxylation is 2. The first-order chi connectivity index (χ1) is 9.26. The molecule has 1 rings (SSSR count). The van der Waals surface area contributed by atoms with Crippen LogP contribution in [-0.4, -0.2) is 49.1 Å². The van der Waals surface area contributed by atoms with Gasteiger partial charge in [-0.1, -0.05) is 0 Å². The summed E-state index contributed by atoms with van der Waals surface area (Å²) in [6, 6.07) is 0. The highest BCUT2D eigenvalue weighted by Gasteiger charge is 2.20. The molecule has 0 amide bonds. The highest BCUT2D eigenvalue weighted by Crippen LogP contribution is 2.15. The van der Waals surface area contributed by atoms with Crippen LogP contribution in [0, 0.1) is 13.8 Å². The van der Waals surface area contributed by atoms with Crippen molar-refractivity contribution in [1.29, 1.82) is 0 Å². The predicted octanol–water partition coefficient (Wildman–Crippen LogP) is 1.77. The maximum absolute atomic E-state index is 4.52. The van der Waals surface area contributed by atoms with Crippen molar-refractivity contribution in [2.45, 2.75) is 39.8 Å². The Balaban J connectivity index is 2.49. The number of likely N-dealkylation sites (N-methyl/N-ethyl adjacent to an activating group) is 1. The van der Waals surface area contributed by atoms with Crippen molar-refractivity contribution in [3.8, 4) is 0 Å². The van der Waals surface area contributed by atoms with Crippen molar-refractivity contribution in [1.82, 2.24) is 20.5 Å².